The van der Waals surface area contributed by atoms with Gasteiger partial charge < -0.3 is 10.1 Å². The number of anilines is 1. The number of carbonyl (C=O) groups is 2. The molecule has 0 aliphatic carbocycles. The number of amides is 1. The number of nitrogens with one attached hydrogen (secondary N) is 1. The maximum atomic E-state index is 12.0. The minimum atomic E-state index is -0.455. The van der Waals surface area contributed by atoms with Crippen LogP contribution in [-0.2, 0) is 4.74 Å². The largest absolute Gasteiger partial charge is 0.465 e. The zero-order valence-electron chi connectivity index (χ0n) is 10.7. The molecule has 2 aromatic rings. The summed E-state index contributed by atoms with van der Waals surface area (Å²) in [5.41, 5.74) is 1.29. The van der Waals surface area contributed by atoms with Gasteiger partial charge in [0.25, 0.3) is 5.91 Å². The first kappa shape index (κ1) is 13.8. The quantitative estimate of drug-likeness (QED) is 0.697. The fourth-order valence-electron chi connectivity index (χ4n) is 1.55. The summed E-state index contributed by atoms with van der Waals surface area (Å²) in [6.07, 6.45) is 5.30. The van der Waals surface area contributed by atoms with Crippen LogP contribution in [0.3, 0.4) is 0 Å². The molecule has 1 N–H and O–H groups in total. The average molecular weight is 285 g/mol. The Labute approximate surface area is 120 Å². The van der Waals surface area contributed by atoms with Crippen LogP contribution in [0.25, 0.3) is 0 Å². The number of hydrogen-bond donors (Lipinski definition) is 1. The highest BCUT2D eigenvalue weighted by atomic mass is 32.1. The Morgan fingerprint density at radius 1 is 1.25 bits per heavy atom. The number of carbonyl (C=O) groups excluding carboxylic acids is 2. The lowest BCUT2D eigenvalue weighted by Gasteiger charge is -2.03. The first-order valence-corrected chi connectivity index (χ1v) is 6.52. The fourth-order valence-corrected chi connectivity index (χ4v) is 2.37. The van der Waals surface area contributed by atoms with Crippen LogP contribution in [-0.4, -0.2) is 19.0 Å². The minimum absolute atomic E-state index is 0.292. The first-order valence-electron chi connectivity index (χ1n) is 5.70. The van der Waals surface area contributed by atoms with E-state index >= 15 is 0 Å². The standard InChI is InChI=1S/C15H11NO3S/c1-3-10-5-4-6-11(9-10)16-14(17)12-7-8-13(20-12)15(18)19-2/h1,4-9H,2H3,(H,16,17). The summed E-state index contributed by atoms with van der Waals surface area (Å²) >= 11 is 1.08. The smallest absolute Gasteiger partial charge is 0.348 e. The Bertz CT molecular complexity index is 697. The van der Waals surface area contributed by atoms with E-state index < -0.39 is 5.97 Å². The van der Waals surface area contributed by atoms with E-state index in [1.807, 2.05) is 0 Å². The van der Waals surface area contributed by atoms with Crippen molar-refractivity contribution < 1.29 is 14.3 Å². The van der Waals surface area contributed by atoms with E-state index in [9.17, 15) is 9.59 Å². The molecule has 0 spiro atoms. The summed E-state index contributed by atoms with van der Waals surface area (Å²) in [7, 11) is 1.30. The van der Waals surface area contributed by atoms with Crippen LogP contribution < -0.4 is 5.32 Å². The molecule has 1 aromatic carbocycles. The Hall–Kier alpha value is -2.58. The predicted molar refractivity (Wildman–Crippen MR) is 78.0 cm³/mol. The van der Waals surface area contributed by atoms with E-state index in [4.69, 9.17) is 6.42 Å². The lowest BCUT2D eigenvalue weighted by atomic mass is 10.2. The second-order valence-corrected chi connectivity index (χ2v) is 4.92. The Kier molecular flexibility index (Phi) is 4.18. The molecule has 0 fully saturated rings. The van der Waals surface area contributed by atoms with Gasteiger partial charge in [0.05, 0.1) is 12.0 Å². The summed E-state index contributed by atoms with van der Waals surface area (Å²) in [5, 5.41) is 2.73. The van der Waals surface area contributed by atoms with Crippen LogP contribution in [0.1, 0.15) is 24.9 Å². The normalized spacial score (nSPS) is 9.60. The molecular formula is C15H11NO3S. The molecule has 1 heterocycles. The highest BCUT2D eigenvalue weighted by Crippen LogP contribution is 2.19. The highest BCUT2D eigenvalue weighted by molar-refractivity contribution is 7.16. The lowest BCUT2D eigenvalue weighted by Crippen LogP contribution is -2.10. The molecule has 0 aliphatic heterocycles. The Morgan fingerprint density at radius 3 is 2.70 bits per heavy atom. The third kappa shape index (κ3) is 3.05. The van der Waals surface area contributed by atoms with Gasteiger partial charge in [0.2, 0.25) is 0 Å². The summed E-state index contributed by atoms with van der Waals surface area (Å²) in [6.45, 7) is 0. The van der Waals surface area contributed by atoms with E-state index in [0.29, 0.717) is 21.0 Å². The molecule has 0 aliphatic rings. The second-order valence-electron chi connectivity index (χ2n) is 3.83. The number of ether oxygens (including phenoxy) is 1. The molecule has 2 rings (SSSR count). The van der Waals surface area contributed by atoms with Gasteiger partial charge >= 0.3 is 5.97 Å². The van der Waals surface area contributed by atoms with Crippen molar-refractivity contribution in [2.24, 2.45) is 0 Å². The average Bonchev–Trinajstić information content (AvgIpc) is 2.96. The molecule has 20 heavy (non-hydrogen) atoms. The molecule has 0 saturated carbocycles. The summed E-state index contributed by atoms with van der Waals surface area (Å²) < 4.78 is 4.60. The maximum Gasteiger partial charge on any atom is 0.348 e. The van der Waals surface area contributed by atoms with Gasteiger partial charge in [-0.05, 0) is 30.3 Å². The molecule has 0 bridgehead atoms. The zero-order valence-corrected chi connectivity index (χ0v) is 11.5. The minimum Gasteiger partial charge on any atom is -0.465 e. The number of hydrogen-bond acceptors (Lipinski definition) is 4. The van der Waals surface area contributed by atoms with E-state index in [2.05, 4.69) is 16.0 Å². The van der Waals surface area contributed by atoms with E-state index in [1.54, 1.807) is 36.4 Å². The summed E-state index contributed by atoms with van der Waals surface area (Å²) in [6, 6.07) is 10.1. The van der Waals surface area contributed by atoms with Gasteiger partial charge in [-0.15, -0.1) is 17.8 Å². The molecule has 0 radical (unpaired) electrons. The van der Waals surface area contributed by atoms with Gasteiger partial charge in [0.15, 0.2) is 0 Å². The molecule has 0 saturated heterocycles. The monoisotopic (exact) mass is 285 g/mol. The first-order chi connectivity index (χ1) is 9.63. The van der Waals surface area contributed by atoms with Gasteiger partial charge in [0.1, 0.15) is 4.88 Å². The van der Waals surface area contributed by atoms with Gasteiger partial charge in [0, 0.05) is 11.3 Å². The van der Waals surface area contributed by atoms with Crippen LogP contribution in [0, 0.1) is 12.3 Å². The third-order valence-corrected chi connectivity index (χ3v) is 3.57. The van der Waals surface area contributed by atoms with Crippen LogP contribution in [0.15, 0.2) is 36.4 Å². The number of terminal acetylenes is 1. The van der Waals surface area contributed by atoms with E-state index in [-0.39, 0.29) is 5.91 Å². The van der Waals surface area contributed by atoms with Gasteiger partial charge in [-0.3, -0.25) is 4.79 Å². The topological polar surface area (TPSA) is 55.4 Å². The lowest BCUT2D eigenvalue weighted by molar-refractivity contribution is 0.0606. The Morgan fingerprint density at radius 2 is 2.00 bits per heavy atom. The number of methoxy groups -OCH3 is 1. The van der Waals surface area contributed by atoms with Crippen molar-refractivity contribution >= 4 is 28.9 Å². The van der Waals surface area contributed by atoms with Crippen LogP contribution in [0.2, 0.25) is 0 Å². The number of esters is 1. The maximum absolute atomic E-state index is 12.0. The molecule has 4 nitrogen and oxygen atoms in total. The summed E-state index contributed by atoms with van der Waals surface area (Å²) in [4.78, 5) is 24.2. The second kappa shape index (κ2) is 6.04. The number of thiophene rings is 1. The summed E-state index contributed by atoms with van der Waals surface area (Å²) in [5.74, 6) is 1.75. The molecule has 5 heteroatoms. The molecule has 0 atom stereocenters. The number of benzene rings is 1. The van der Waals surface area contributed by atoms with Crippen molar-refractivity contribution in [2.45, 2.75) is 0 Å². The van der Waals surface area contributed by atoms with E-state index in [1.165, 1.54) is 7.11 Å². The van der Waals surface area contributed by atoms with Crippen molar-refractivity contribution in [2.75, 3.05) is 12.4 Å². The molecule has 100 valence electrons. The Balaban J connectivity index is 2.14. The molecule has 1 amide bonds. The van der Waals surface area contributed by atoms with Crippen molar-refractivity contribution in [3.05, 3.63) is 51.7 Å². The van der Waals surface area contributed by atoms with Gasteiger partial charge in [-0.25, -0.2) is 4.79 Å². The van der Waals surface area contributed by atoms with Gasteiger partial charge in [-0.1, -0.05) is 12.0 Å². The molecular weight excluding hydrogens is 274 g/mol. The SMILES string of the molecule is C#Cc1cccc(NC(=O)c2ccc(C(=O)OC)s2)c1. The fraction of sp³-hybridized carbons (Fsp3) is 0.0667. The van der Waals surface area contributed by atoms with Crippen molar-refractivity contribution in [3.8, 4) is 12.3 Å². The van der Waals surface area contributed by atoms with E-state index in [0.717, 1.165) is 11.3 Å². The predicted octanol–water partition coefficient (Wildman–Crippen LogP) is 2.77. The van der Waals surface area contributed by atoms with Gasteiger partial charge in [-0.2, -0.15) is 0 Å². The van der Waals surface area contributed by atoms with Crippen molar-refractivity contribution in [1.29, 1.82) is 0 Å². The molecule has 1 aromatic heterocycles. The van der Waals surface area contributed by atoms with Crippen molar-refractivity contribution in [3.63, 3.8) is 0 Å². The third-order valence-electron chi connectivity index (χ3n) is 2.50. The van der Waals surface area contributed by atoms with Crippen molar-refractivity contribution in [1.82, 2.24) is 0 Å². The van der Waals surface area contributed by atoms with Crippen LogP contribution in [0.5, 0.6) is 0 Å². The number of rotatable bonds is 3. The van der Waals surface area contributed by atoms with Crippen LogP contribution >= 0.6 is 11.3 Å². The zero-order chi connectivity index (χ0) is 14.5. The highest BCUT2D eigenvalue weighted by Gasteiger charge is 2.14. The van der Waals surface area contributed by atoms with Crippen LogP contribution in [0.4, 0.5) is 5.69 Å². The molecule has 0 unspecified atom stereocenters.